The summed E-state index contributed by atoms with van der Waals surface area (Å²) in [6.07, 6.45) is 4.50. The Balaban J connectivity index is 1.70. The van der Waals surface area contributed by atoms with E-state index in [0.29, 0.717) is 24.9 Å². The summed E-state index contributed by atoms with van der Waals surface area (Å²) < 4.78 is 41.3. The largest absolute Gasteiger partial charge is 0.485 e. The van der Waals surface area contributed by atoms with Gasteiger partial charge in [0.25, 0.3) is 0 Å². The molecular weight excluding hydrogens is 414 g/mol. The van der Waals surface area contributed by atoms with Crippen molar-refractivity contribution in [1.82, 2.24) is 5.32 Å². The third-order valence-corrected chi connectivity index (χ3v) is 11.7. The van der Waals surface area contributed by atoms with Gasteiger partial charge in [0, 0.05) is 42.0 Å². The maximum Gasteiger partial charge on any atom is 0.192 e. The summed E-state index contributed by atoms with van der Waals surface area (Å²) in [5.74, 6) is -1.60. The molecule has 1 aliphatic carbocycles. The predicted octanol–water partition coefficient (Wildman–Crippen LogP) is 5.86. The lowest BCUT2D eigenvalue weighted by atomic mass is 9.83. The normalized spacial score (nSPS) is 24.1. The molecule has 176 valence electrons. The fourth-order valence-corrected chi connectivity index (χ4v) is 5.56. The molecular formula is C24H40F2N2O2Si. The van der Waals surface area contributed by atoms with E-state index >= 15 is 0 Å². The Morgan fingerprint density at radius 2 is 1.71 bits per heavy atom. The molecule has 1 saturated heterocycles. The van der Waals surface area contributed by atoms with Gasteiger partial charge in [0.2, 0.25) is 0 Å². The zero-order valence-corrected chi connectivity index (χ0v) is 21.3. The van der Waals surface area contributed by atoms with E-state index < -0.39 is 20.0 Å². The number of fused-ring (bicyclic) bond motifs is 1. The van der Waals surface area contributed by atoms with Crippen LogP contribution in [0.5, 0.6) is 5.75 Å². The molecule has 1 aliphatic heterocycles. The van der Waals surface area contributed by atoms with E-state index in [1.807, 2.05) is 0 Å². The van der Waals surface area contributed by atoms with Crippen LogP contribution in [0.15, 0.2) is 12.1 Å². The van der Waals surface area contributed by atoms with E-state index in [-0.39, 0.29) is 29.0 Å². The molecule has 2 atom stereocenters. The fourth-order valence-electron chi connectivity index (χ4n) is 4.53. The number of nitrogens with one attached hydrogen (secondary N) is 1. The van der Waals surface area contributed by atoms with Gasteiger partial charge in [-0.25, -0.2) is 8.78 Å². The third kappa shape index (κ3) is 5.60. The lowest BCUT2D eigenvalue weighted by molar-refractivity contribution is 0.192. The minimum absolute atomic E-state index is 0.0825. The first-order valence-corrected chi connectivity index (χ1v) is 14.5. The van der Waals surface area contributed by atoms with Crippen molar-refractivity contribution in [1.29, 1.82) is 0 Å². The number of halogens is 2. The van der Waals surface area contributed by atoms with Crippen LogP contribution >= 0.6 is 0 Å². The molecule has 0 amide bonds. The maximum atomic E-state index is 14.9. The molecule has 0 unspecified atom stereocenters. The minimum atomic E-state index is -1.91. The van der Waals surface area contributed by atoms with Crippen LogP contribution in [0, 0.1) is 11.6 Å². The van der Waals surface area contributed by atoms with Gasteiger partial charge in [-0.05, 0) is 44.8 Å². The quantitative estimate of drug-likeness (QED) is 0.431. The Morgan fingerprint density at radius 1 is 1.10 bits per heavy atom. The van der Waals surface area contributed by atoms with Crippen molar-refractivity contribution in [3.05, 3.63) is 23.8 Å². The molecule has 31 heavy (non-hydrogen) atoms. The standard InChI is InChI=1S/C24H40F2N2O2Si/c1-23(2,3)31(6,7)30-13-12-29-22-18(25)14-17(15-19(22)26)28-16-24(4,5)27-20-10-8-9-11-21(20)28/h14-15,20-21,27H,8-13,16H2,1-7H3/t20-,21+/m1/s1. The van der Waals surface area contributed by atoms with Crippen LogP contribution in [-0.2, 0) is 4.43 Å². The lowest BCUT2D eigenvalue weighted by Crippen LogP contribution is -2.67. The Morgan fingerprint density at radius 3 is 2.32 bits per heavy atom. The van der Waals surface area contributed by atoms with E-state index in [1.165, 1.54) is 18.6 Å². The van der Waals surface area contributed by atoms with Crippen LogP contribution in [0.2, 0.25) is 18.1 Å². The van der Waals surface area contributed by atoms with E-state index in [2.05, 4.69) is 57.9 Å². The summed E-state index contributed by atoms with van der Waals surface area (Å²) in [7, 11) is -1.91. The van der Waals surface area contributed by atoms with Gasteiger partial charge in [0.15, 0.2) is 25.7 Å². The van der Waals surface area contributed by atoms with Crippen LogP contribution in [0.25, 0.3) is 0 Å². The first-order valence-electron chi connectivity index (χ1n) is 11.6. The number of anilines is 1. The zero-order valence-electron chi connectivity index (χ0n) is 20.3. The van der Waals surface area contributed by atoms with Gasteiger partial charge >= 0.3 is 0 Å². The molecule has 0 aromatic heterocycles. The zero-order chi connectivity index (χ0) is 23.0. The highest BCUT2D eigenvalue weighted by Crippen LogP contribution is 2.37. The molecule has 1 heterocycles. The summed E-state index contributed by atoms with van der Waals surface area (Å²) in [6, 6.07) is 3.48. The second-order valence-corrected chi connectivity index (χ2v) is 16.1. The first kappa shape index (κ1) is 24.5. The molecule has 1 N–H and O–H groups in total. The van der Waals surface area contributed by atoms with Crippen molar-refractivity contribution in [3.8, 4) is 5.75 Å². The van der Waals surface area contributed by atoms with E-state index in [0.717, 1.165) is 19.3 Å². The summed E-state index contributed by atoms with van der Waals surface area (Å²) >= 11 is 0. The fraction of sp³-hybridized carbons (Fsp3) is 0.750. The highest BCUT2D eigenvalue weighted by molar-refractivity contribution is 6.74. The van der Waals surface area contributed by atoms with Gasteiger partial charge in [-0.3, -0.25) is 0 Å². The average molecular weight is 455 g/mol. The van der Waals surface area contributed by atoms with Crippen molar-refractivity contribution in [2.24, 2.45) is 0 Å². The average Bonchev–Trinajstić information content (AvgIpc) is 2.64. The molecule has 2 aliphatic rings. The number of hydrogen-bond donors (Lipinski definition) is 1. The van der Waals surface area contributed by atoms with Crippen LogP contribution in [0.3, 0.4) is 0 Å². The molecule has 4 nitrogen and oxygen atoms in total. The SMILES string of the molecule is CC1(C)CN(c2cc(F)c(OCCO[Si](C)(C)C(C)(C)C)c(F)c2)[C@H]2CCCC[C@H]2N1. The van der Waals surface area contributed by atoms with Gasteiger partial charge < -0.3 is 19.4 Å². The maximum absolute atomic E-state index is 14.9. The van der Waals surface area contributed by atoms with Crippen LogP contribution in [0.1, 0.15) is 60.3 Å². The summed E-state index contributed by atoms with van der Waals surface area (Å²) in [5.41, 5.74) is 0.494. The summed E-state index contributed by atoms with van der Waals surface area (Å²) in [5, 5.41) is 3.81. The minimum Gasteiger partial charge on any atom is -0.485 e. The third-order valence-electron chi connectivity index (χ3n) is 7.19. The molecule has 1 aromatic rings. The topological polar surface area (TPSA) is 33.7 Å². The van der Waals surface area contributed by atoms with Gasteiger partial charge in [-0.1, -0.05) is 33.6 Å². The Labute approximate surface area is 187 Å². The number of ether oxygens (including phenoxy) is 1. The van der Waals surface area contributed by atoms with Gasteiger partial charge in [0.1, 0.15) is 6.61 Å². The van der Waals surface area contributed by atoms with Crippen LogP contribution in [0.4, 0.5) is 14.5 Å². The number of rotatable bonds is 6. The molecule has 0 bridgehead atoms. The van der Waals surface area contributed by atoms with Crippen LogP contribution in [-0.4, -0.2) is 45.7 Å². The molecule has 0 radical (unpaired) electrons. The number of hydrogen-bond acceptors (Lipinski definition) is 4. The lowest BCUT2D eigenvalue weighted by Gasteiger charge is -2.52. The smallest absolute Gasteiger partial charge is 0.192 e. The highest BCUT2D eigenvalue weighted by Gasteiger charge is 2.41. The number of piperazine rings is 1. The Hall–Kier alpha value is -1.18. The number of benzene rings is 1. The molecule has 7 heteroatoms. The number of nitrogens with zero attached hydrogens (tertiary/aromatic N) is 1. The van der Waals surface area contributed by atoms with Crippen molar-refractivity contribution in [2.45, 2.75) is 96.1 Å². The van der Waals surface area contributed by atoms with Crippen LogP contribution < -0.4 is 15.0 Å². The molecule has 3 rings (SSSR count). The first-order chi connectivity index (χ1) is 14.3. The van der Waals surface area contributed by atoms with Crippen molar-refractivity contribution in [2.75, 3.05) is 24.7 Å². The van der Waals surface area contributed by atoms with E-state index in [4.69, 9.17) is 9.16 Å². The van der Waals surface area contributed by atoms with Crippen molar-refractivity contribution < 1.29 is 17.9 Å². The monoisotopic (exact) mass is 454 g/mol. The van der Waals surface area contributed by atoms with Gasteiger partial charge in [-0.2, -0.15) is 0 Å². The Kier molecular flexibility index (Phi) is 7.09. The molecule has 2 fully saturated rings. The molecule has 0 spiro atoms. The van der Waals surface area contributed by atoms with Gasteiger partial charge in [-0.15, -0.1) is 0 Å². The van der Waals surface area contributed by atoms with Crippen molar-refractivity contribution >= 4 is 14.0 Å². The highest BCUT2D eigenvalue weighted by atomic mass is 28.4. The Bertz CT molecular complexity index is 756. The second kappa shape index (κ2) is 8.98. The van der Waals surface area contributed by atoms with E-state index in [1.54, 1.807) is 0 Å². The van der Waals surface area contributed by atoms with E-state index in [9.17, 15) is 8.78 Å². The predicted molar refractivity (Wildman–Crippen MR) is 126 cm³/mol. The summed E-state index contributed by atoms with van der Waals surface area (Å²) in [4.78, 5) is 2.19. The van der Waals surface area contributed by atoms with Crippen molar-refractivity contribution in [3.63, 3.8) is 0 Å². The molecule has 1 aromatic carbocycles. The summed E-state index contributed by atoms with van der Waals surface area (Å²) in [6.45, 7) is 16.2. The van der Waals surface area contributed by atoms with Gasteiger partial charge in [0.05, 0.1) is 6.61 Å². The second-order valence-electron chi connectivity index (χ2n) is 11.3. The molecule has 1 saturated carbocycles.